The first-order valence-electron chi connectivity index (χ1n) is 3.95. The molecule has 12 heavy (non-hydrogen) atoms. The quantitative estimate of drug-likeness (QED) is 0.567. The Morgan fingerprint density at radius 3 is 2.00 bits per heavy atom. The molecule has 0 aromatic heterocycles. The van der Waals surface area contributed by atoms with E-state index >= 15 is 0 Å². The highest BCUT2D eigenvalue weighted by Crippen LogP contribution is 2.17. The number of thiol groups is 1. The molecule has 0 fully saturated rings. The van der Waals surface area contributed by atoms with Crippen LogP contribution in [0.5, 0.6) is 5.75 Å². The maximum Gasteiger partial charge on any atom is 0.242 e. The number of hydrogen-bond acceptors (Lipinski definition) is 2. The SMILES string of the molecule is C[Si](C)(C)Oc1ccc(S)cc1. The summed E-state index contributed by atoms with van der Waals surface area (Å²) in [5.74, 6) is 0.951. The van der Waals surface area contributed by atoms with Crippen LogP contribution in [-0.4, -0.2) is 8.32 Å². The Morgan fingerprint density at radius 2 is 1.58 bits per heavy atom. The maximum atomic E-state index is 5.76. The summed E-state index contributed by atoms with van der Waals surface area (Å²) in [7, 11) is -1.44. The van der Waals surface area contributed by atoms with Gasteiger partial charge in [0.25, 0.3) is 0 Å². The summed E-state index contributed by atoms with van der Waals surface area (Å²) >= 11 is 4.20. The summed E-state index contributed by atoms with van der Waals surface area (Å²) in [6.45, 7) is 6.50. The van der Waals surface area contributed by atoms with Crippen molar-refractivity contribution in [1.82, 2.24) is 0 Å². The van der Waals surface area contributed by atoms with Crippen LogP contribution in [0.1, 0.15) is 0 Å². The van der Waals surface area contributed by atoms with E-state index in [0.717, 1.165) is 10.6 Å². The molecule has 0 aliphatic carbocycles. The van der Waals surface area contributed by atoms with Crippen LogP contribution in [0.2, 0.25) is 19.6 Å². The van der Waals surface area contributed by atoms with Crippen LogP contribution in [-0.2, 0) is 0 Å². The van der Waals surface area contributed by atoms with Crippen LogP contribution in [0.25, 0.3) is 0 Å². The number of benzene rings is 1. The maximum absolute atomic E-state index is 5.76. The average molecular weight is 198 g/mol. The Bertz CT molecular complexity index is 250. The predicted octanol–water partition coefficient (Wildman–Crippen LogP) is 3.19. The van der Waals surface area contributed by atoms with Gasteiger partial charge < -0.3 is 4.43 Å². The lowest BCUT2D eigenvalue weighted by Crippen LogP contribution is -2.29. The van der Waals surface area contributed by atoms with Gasteiger partial charge in [-0.25, -0.2) is 0 Å². The molecule has 0 saturated heterocycles. The zero-order chi connectivity index (χ0) is 9.19. The molecule has 0 amide bonds. The topological polar surface area (TPSA) is 9.23 Å². The molecule has 0 bridgehead atoms. The molecule has 0 N–H and O–H groups in total. The summed E-state index contributed by atoms with van der Waals surface area (Å²) in [5.41, 5.74) is 0. The van der Waals surface area contributed by atoms with Crippen LogP contribution >= 0.6 is 12.6 Å². The lowest BCUT2D eigenvalue weighted by Gasteiger charge is -2.18. The molecular weight excluding hydrogens is 184 g/mol. The van der Waals surface area contributed by atoms with E-state index in [-0.39, 0.29) is 0 Å². The first kappa shape index (κ1) is 9.67. The first-order chi connectivity index (χ1) is 5.47. The lowest BCUT2D eigenvalue weighted by atomic mass is 10.3. The Balaban J connectivity index is 2.71. The third kappa shape index (κ3) is 3.32. The summed E-state index contributed by atoms with van der Waals surface area (Å²) in [4.78, 5) is 0.970. The minimum atomic E-state index is -1.44. The molecular formula is C9H14OSSi. The van der Waals surface area contributed by atoms with E-state index in [1.165, 1.54) is 0 Å². The third-order valence-corrected chi connectivity index (χ3v) is 2.41. The van der Waals surface area contributed by atoms with Crippen LogP contribution in [0, 0.1) is 0 Å². The molecule has 1 aromatic rings. The normalized spacial score (nSPS) is 11.3. The van der Waals surface area contributed by atoms with Gasteiger partial charge in [-0.1, -0.05) is 0 Å². The molecule has 0 aliphatic rings. The van der Waals surface area contributed by atoms with Crippen molar-refractivity contribution in [2.45, 2.75) is 24.5 Å². The van der Waals surface area contributed by atoms with Gasteiger partial charge in [0, 0.05) is 4.90 Å². The molecule has 3 heteroatoms. The van der Waals surface area contributed by atoms with Crippen LogP contribution in [0.15, 0.2) is 29.2 Å². The van der Waals surface area contributed by atoms with Crippen molar-refractivity contribution in [1.29, 1.82) is 0 Å². The average Bonchev–Trinajstić information content (AvgIpc) is 1.91. The summed E-state index contributed by atoms with van der Waals surface area (Å²) in [6.07, 6.45) is 0. The van der Waals surface area contributed by atoms with Gasteiger partial charge in [-0.15, -0.1) is 12.6 Å². The molecule has 0 aliphatic heterocycles. The van der Waals surface area contributed by atoms with Crippen LogP contribution in [0.3, 0.4) is 0 Å². The number of hydrogen-bond donors (Lipinski definition) is 1. The fourth-order valence-corrected chi connectivity index (χ4v) is 1.86. The van der Waals surface area contributed by atoms with Gasteiger partial charge >= 0.3 is 0 Å². The molecule has 0 unspecified atom stereocenters. The van der Waals surface area contributed by atoms with Gasteiger partial charge in [0.05, 0.1) is 0 Å². The van der Waals surface area contributed by atoms with E-state index in [1.807, 2.05) is 24.3 Å². The Hall–Kier alpha value is -0.413. The molecule has 1 rings (SSSR count). The van der Waals surface area contributed by atoms with Crippen LogP contribution in [0.4, 0.5) is 0 Å². The molecule has 0 heterocycles. The number of rotatable bonds is 2. The van der Waals surface area contributed by atoms with Crippen molar-refractivity contribution in [2.24, 2.45) is 0 Å². The minimum absolute atomic E-state index is 0.951. The highest BCUT2D eigenvalue weighted by Gasteiger charge is 2.15. The lowest BCUT2D eigenvalue weighted by molar-refractivity contribution is 0.557. The van der Waals surface area contributed by atoms with Gasteiger partial charge in [0.2, 0.25) is 8.32 Å². The molecule has 0 saturated carbocycles. The molecule has 0 atom stereocenters. The molecule has 0 radical (unpaired) electrons. The largest absolute Gasteiger partial charge is 0.544 e. The molecule has 0 spiro atoms. The van der Waals surface area contributed by atoms with Crippen LogP contribution < -0.4 is 4.43 Å². The Morgan fingerprint density at radius 1 is 1.08 bits per heavy atom. The van der Waals surface area contributed by atoms with Gasteiger partial charge in [0.1, 0.15) is 5.75 Å². The van der Waals surface area contributed by atoms with Gasteiger partial charge in [-0.2, -0.15) is 0 Å². The van der Waals surface area contributed by atoms with Crippen molar-refractivity contribution >= 4 is 20.9 Å². The predicted molar refractivity (Wildman–Crippen MR) is 57.7 cm³/mol. The van der Waals surface area contributed by atoms with Crippen molar-refractivity contribution in [3.05, 3.63) is 24.3 Å². The standard InChI is InChI=1S/C9H14OSSi/c1-12(2,3)10-8-4-6-9(11)7-5-8/h4-7,11H,1-3H3. The van der Waals surface area contributed by atoms with Gasteiger partial charge in [-0.05, 0) is 43.9 Å². The second kappa shape index (κ2) is 3.54. The van der Waals surface area contributed by atoms with E-state index in [4.69, 9.17) is 4.43 Å². The van der Waals surface area contributed by atoms with Crippen molar-refractivity contribution in [3.63, 3.8) is 0 Å². The first-order valence-corrected chi connectivity index (χ1v) is 7.81. The highest BCUT2D eigenvalue weighted by molar-refractivity contribution is 7.80. The third-order valence-electron chi connectivity index (χ3n) is 1.26. The molecule has 1 nitrogen and oxygen atoms in total. The second-order valence-corrected chi connectivity index (χ2v) is 8.65. The summed E-state index contributed by atoms with van der Waals surface area (Å²) < 4.78 is 5.76. The molecule has 66 valence electrons. The van der Waals surface area contributed by atoms with E-state index in [2.05, 4.69) is 32.3 Å². The van der Waals surface area contributed by atoms with Gasteiger partial charge in [0.15, 0.2) is 0 Å². The summed E-state index contributed by atoms with van der Waals surface area (Å²) in [6, 6.07) is 7.80. The van der Waals surface area contributed by atoms with Crippen molar-refractivity contribution in [2.75, 3.05) is 0 Å². The minimum Gasteiger partial charge on any atom is -0.544 e. The zero-order valence-corrected chi connectivity index (χ0v) is 9.56. The fourth-order valence-electron chi connectivity index (χ4n) is 0.868. The monoisotopic (exact) mass is 198 g/mol. The fraction of sp³-hybridized carbons (Fsp3) is 0.333. The Kier molecular flexibility index (Phi) is 2.85. The van der Waals surface area contributed by atoms with E-state index in [9.17, 15) is 0 Å². The smallest absolute Gasteiger partial charge is 0.242 e. The Labute approximate surface area is 80.3 Å². The molecule has 1 aromatic carbocycles. The van der Waals surface area contributed by atoms with Crippen molar-refractivity contribution in [3.8, 4) is 5.75 Å². The van der Waals surface area contributed by atoms with E-state index in [1.54, 1.807) is 0 Å². The van der Waals surface area contributed by atoms with Gasteiger partial charge in [-0.3, -0.25) is 0 Å². The highest BCUT2D eigenvalue weighted by atomic mass is 32.1. The summed E-state index contributed by atoms with van der Waals surface area (Å²) in [5, 5.41) is 0. The van der Waals surface area contributed by atoms with E-state index in [0.29, 0.717) is 0 Å². The van der Waals surface area contributed by atoms with E-state index < -0.39 is 8.32 Å². The second-order valence-electron chi connectivity index (χ2n) is 3.71. The van der Waals surface area contributed by atoms with Crippen molar-refractivity contribution < 1.29 is 4.43 Å². The zero-order valence-electron chi connectivity index (χ0n) is 7.66.